The average Bonchev–Trinajstić information content (AvgIpc) is 2.93. The fraction of sp³-hybridized carbons (Fsp3) is 0.417. The number of hydrogen-bond acceptors (Lipinski definition) is 3. The fourth-order valence-electron chi connectivity index (χ4n) is 2.64. The van der Waals surface area contributed by atoms with Gasteiger partial charge in [0, 0.05) is 6.04 Å². The van der Waals surface area contributed by atoms with Crippen LogP contribution in [0.5, 0.6) is 0 Å². The van der Waals surface area contributed by atoms with E-state index in [0.29, 0.717) is 34.2 Å². The summed E-state index contributed by atoms with van der Waals surface area (Å²) in [7, 11) is 0. The van der Waals surface area contributed by atoms with Crippen molar-refractivity contribution in [2.45, 2.75) is 25.3 Å². The summed E-state index contributed by atoms with van der Waals surface area (Å²) in [5.74, 6) is -1.03. The molecule has 7 heteroatoms. The molecule has 3 rings (SSSR count). The van der Waals surface area contributed by atoms with Crippen LogP contribution in [0.3, 0.4) is 0 Å². The van der Waals surface area contributed by atoms with Gasteiger partial charge in [0.1, 0.15) is 10.7 Å². The molecule has 2 aromatic rings. The first-order valence-electron chi connectivity index (χ1n) is 5.97. The van der Waals surface area contributed by atoms with Gasteiger partial charge < -0.3 is 9.67 Å². The summed E-state index contributed by atoms with van der Waals surface area (Å²) in [4.78, 5) is 19.5. The molecule has 0 aliphatic heterocycles. The van der Waals surface area contributed by atoms with Crippen molar-refractivity contribution in [3.8, 4) is 0 Å². The van der Waals surface area contributed by atoms with E-state index in [9.17, 15) is 4.79 Å². The number of halogens is 2. The quantitative estimate of drug-likeness (QED) is 0.865. The third-order valence-corrected chi connectivity index (χ3v) is 4.08. The average molecular weight is 300 g/mol. The number of fused-ring (bicyclic) bond motifs is 1. The standard InChI is InChI=1S/C12H11Cl2N3O2/c13-8-4-9(14)16-11-10(8)15-5-17(11)7-2-1-6(3-7)12(18)19/h4-7H,1-3H2,(H,18,19). The Balaban J connectivity index is 2.00. The molecule has 1 fully saturated rings. The van der Waals surface area contributed by atoms with Gasteiger partial charge in [0.15, 0.2) is 5.65 Å². The molecule has 0 bridgehead atoms. The van der Waals surface area contributed by atoms with Gasteiger partial charge in [0.2, 0.25) is 0 Å². The van der Waals surface area contributed by atoms with Crippen molar-refractivity contribution in [1.29, 1.82) is 0 Å². The van der Waals surface area contributed by atoms with E-state index in [4.69, 9.17) is 28.3 Å². The molecule has 2 aromatic heterocycles. The minimum atomic E-state index is -0.740. The van der Waals surface area contributed by atoms with Gasteiger partial charge in [-0.1, -0.05) is 23.2 Å². The van der Waals surface area contributed by atoms with Gasteiger partial charge in [0.25, 0.3) is 0 Å². The maximum absolute atomic E-state index is 11.0. The van der Waals surface area contributed by atoms with E-state index in [0.717, 1.165) is 6.42 Å². The van der Waals surface area contributed by atoms with E-state index in [1.807, 2.05) is 4.57 Å². The minimum Gasteiger partial charge on any atom is -0.481 e. The van der Waals surface area contributed by atoms with Crippen molar-refractivity contribution in [3.63, 3.8) is 0 Å². The Bertz CT molecular complexity index is 656. The third-order valence-electron chi connectivity index (χ3n) is 3.60. The molecule has 0 saturated heterocycles. The summed E-state index contributed by atoms with van der Waals surface area (Å²) in [6, 6.07) is 1.64. The van der Waals surface area contributed by atoms with Crippen LogP contribution in [-0.2, 0) is 4.79 Å². The second-order valence-corrected chi connectivity index (χ2v) is 5.55. The van der Waals surface area contributed by atoms with Crippen LogP contribution in [0.2, 0.25) is 10.2 Å². The summed E-state index contributed by atoms with van der Waals surface area (Å²) in [6.45, 7) is 0. The number of carboxylic acid groups (broad SMARTS) is 1. The highest BCUT2D eigenvalue weighted by molar-refractivity contribution is 6.37. The van der Waals surface area contributed by atoms with Crippen LogP contribution in [0.4, 0.5) is 0 Å². The van der Waals surface area contributed by atoms with E-state index in [2.05, 4.69) is 9.97 Å². The highest BCUT2D eigenvalue weighted by Gasteiger charge is 2.31. The first-order chi connectivity index (χ1) is 9.06. The number of carbonyl (C=O) groups is 1. The predicted octanol–water partition coefficient (Wildman–Crippen LogP) is 3.16. The molecular weight excluding hydrogens is 289 g/mol. The zero-order chi connectivity index (χ0) is 13.6. The van der Waals surface area contributed by atoms with Gasteiger partial charge in [-0.05, 0) is 25.3 Å². The Morgan fingerprint density at radius 1 is 1.42 bits per heavy atom. The van der Waals surface area contributed by atoms with Gasteiger partial charge in [-0.2, -0.15) is 0 Å². The number of carboxylic acids is 1. The molecule has 0 radical (unpaired) electrons. The third kappa shape index (κ3) is 2.17. The first-order valence-corrected chi connectivity index (χ1v) is 6.73. The second-order valence-electron chi connectivity index (χ2n) is 4.75. The van der Waals surface area contributed by atoms with E-state index in [-0.39, 0.29) is 12.0 Å². The highest BCUT2D eigenvalue weighted by Crippen LogP contribution is 2.37. The van der Waals surface area contributed by atoms with Crippen LogP contribution in [0.25, 0.3) is 11.2 Å². The molecule has 0 spiro atoms. The van der Waals surface area contributed by atoms with Crippen molar-refractivity contribution in [2.24, 2.45) is 5.92 Å². The van der Waals surface area contributed by atoms with Crippen molar-refractivity contribution in [3.05, 3.63) is 22.6 Å². The van der Waals surface area contributed by atoms with Gasteiger partial charge >= 0.3 is 5.97 Å². The first kappa shape index (κ1) is 12.7. The Morgan fingerprint density at radius 2 is 2.21 bits per heavy atom. The minimum absolute atomic E-state index is 0.0909. The summed E-state index contributed by atoms with van der Waals surface area (Å²) in [5, 5.41) is 9.82. The summed E-state index contributed by atoms with van der Waals surface area (Å²) < 4.78 is 1.88. The van der Waals surface area contributed by atoms with Gasteiger partial charge in [-0.25, -0.2) is 9.97 Å². The summed E-state index contributed by atoms with van der Waals surface area (Å²) in [6.07, 6.45) is 3.73. The maximum atomic E-state index is 11.0. The lowest BCUT2D eigenvalue weighted by Gasteiger charge is -2.12. The van der Waals surface area contributed by atoms with Crippen LogP contribution >= 0.6 is 23.2 Å². The number of nitrogens with zero attached hydrogens (tertiary/aromatic N) is 3. The number of rotatable bonds is 2. The second kappa shape index (κ2) is 4.65. The molecule has 1 saturated carbocycles. The molecule has 2 heterocycles. The molecule has 0 amide bonds. The molecule has 1 aliphatic carbocycles. The Morgan fingerprint density at radius 3 is 2.89 bits per heavy atom. The zero-order valence-corrected chi connectivity index (χ0v) is 11.4. The molecule has 1 aliphatic rings. The molecule has 0 aromatic carbocycles. The Labute approximate surface area is 119 Å². The number of pyridine rings is 1. The number of aromatic nitrogens is 3. The fourth-order valence-corrected chi connectivity index (χ4v) is 3.12. The van der Waals surface area contributed by atoms with E-state index >= 15 is 0 Å². The van der Waals surface area contributed by atoms with Crippen molar-refractivity contribution >= 4 is 40.3 Å². The van der Waals surface area contributed by atoms with Crippen LogP contribution in [0.15, 0.2) is 12.4 Å². The van der Waals surface area contributed by atoms with E-state index in [1.165, 1.54) is 0 Å². The topological polar surface area (TPSA) is 68.0 Å². The van der Waals surface area contributed by atoms with Gasteiger partial charge in [0.05, 0.1) is 17.3 Å². The summed E-state index contributed by atoms with van der Waals surface area (Å²) in [5.41, 5.74) is 1.22. The van der Waals surface area contributed by atoms with Crippen LogP contribution < -0.4 is 0 Å². The van der Waals surface area contributed by atoms with Crippen LogP contribution in [0.1, 0.15) is 25.3 Å². The highest BCUT2D eigenvalue weighted by atomic mass is 35.5. The van der Waals surface area contributed by atoms with Gasteiger partial charge in [-0.3, -0.25) is 4.79 Å². The van der Waals surface area contributed by atoms with Crippen LogP contribution in [-0.4, -0.2) is 25.6 Å². The van der Waals surface area contributed by atoms with Gasteiger partial charge in [-0.15, -0.1) is 0 Å². The Hall–Kier alpha value is -1.33. The largest absolute Gasteiger partial charge is 0.481 e. The van der Waals surface area contributed by atoms with Crippen molar-refractivity contribution < 1.29 is 9.90 Å². The van der Waals surface area contributed by atoms with Crippen LogP contribution in [0, 0.1) is 5.92 Å². The SMILES string of the molecule is O=C(O)C1CCC(n2cnc3c(Cl)cc(Cl)nc32)C1. The number of hydrogen-bond donors (Lipinski definition) is 1. The zero-order valence-electron chi connectivity index (χ0n) is 9.88. The molecule has 5 nitrogen and oxygen atoms in total. The number of imidazole rings is 1. The van der Waals surface area contributed by atoms with E-state index in [1.54, 1.807) is 12.4 Å². The molecule has 1 N–H and O–H groups in total. The monoisotopic (exact) mass is 299 g/mol. The molecule has 2 atom stereocenters. The molecule has 19 heavy (non-hydrogen) atoms. The van der Waals surface area contributed by atoms with Crippen molar-refractivity contribution in [1.82, 2.24) is 14.5 Å². The lowest BCUT2D eigenvalue weighted by Crippen LogP contribution is -2.11. The lowest BCUT2D eigenvalue weighted by molar-refractivity contribution is -0.141. The maximum Gasteiger partial charge on any atom is 0.306 e. The molecule has 100 valence electrons. The van der Waals surface area contributed by atoms with Crippen molar-refractivity contribution in [2.75, 3.05) is 0 Å². The number of aliphatic carboxylic acids is 1. The van der Waals surface area contributed by atoms with E-state index < -0.39 is 5.97 Å². The summed E-state index contributed by atoms with van der Waals surface area (Å²) >= 11 is 12.0. The smallest absolute Gasteiger partial charge is 0.306 e. The lowest BCUT2D eigenvalue weighted by atomic mass is 10.1. The normalized spacial score (nSPS) is 23.1. The predicted molar refractivity (Wildman–Crippen MR) is 71.6 cm³/mol. The molecular formula is C12H11Cl2N3O2. The Kier molecular flexibility index (Phi) is 3.11. The molecule has 2 unspecified atom stereocenters.